The maximum absolute atomic E-state index is 13.7. The highest BCUT2D eigenvalue weighted by atomic mass is 16.4. The highest BCUT2D eigenvalue weighted by Gasteiger charge is 2.31. The number of hydrogen-bond acceptors (Lipinski definition) is 7. The summed E-state index contributed by atoms with van der Waals surface area (Å²) in [5.74, 6) is -5.08. The molecule has 2 aromatic carbocycles. The van der Waals surface area contributed by atoms with Gasteiger partial charge in [-0.15, -0.1) is 0 Å². The second kappa shape index (κ2) is 16.0. The van der Waals surface area contributed by atoms with Crippen molar-refractivity contribution in [3.05, 3.63) is 71.9 Å². The van der Waals surface area contributed by atoms with E-state index >= 15 is 0 Å². The van der Waals surface area contributed by atoms with Gasteiger partial charge in [-0.2, -0.15) is 0 Å². The Hall–Kier alpha value is -4.75. The molecule has 0 radical (unpaired) electrons. The van der Waals surface area contributed by atoms with Crippen LogP contribution in [0.2, 0.25) is 0 Å². The lowest BCUT2D eigenvalue weighted by Crippen LogP contribution is -2.58. The van der Waals surface area contributed by atoms with E-state index in [-0.39, 0.29) is 12.8 Å². The van der Waals surface area contributed by atoms with Crippen LogP contribution in [0.15, 0.2) is 60.8 Å². The van der Waals surface area contributed by atoms with Crippen LogP contribution in [-0.4, -0.2) is 75.6 Å². The van der Waals surface area contributed by atoms with Crippen LogP contribution in [0, 0.1) is 0 Å². The Bertz CT molecular complexity index is 1410. The molecule has 13 nitrogen and oxygen atoms in total. The molecule has 1 heterocycles. The van der Waals surface area contributed by atoms with Gasteiger partial charge < -0.3 is 42.6 Å². The second-order valence-corrected chi connectivity index (χ2v) is 10.3. The molecule has 10 N–H and O–H groups in total. The van der Waals surface area contributed by atoms with Crippen molar-refractivity contribution in [2.24, 2.45) is 11.5 Å². The van der Waals surface area contributed by atoms with E-state index in [1.54, 1.807) is 36.5 Å². The van der Waals surface area contributed by atoms with E-state index in [2.05, 4.69) is 20.9 Å². The van der Waals surface area contributed by atoms with E-state index < -0.39 is 60.2 Å². The monoisotopic (exact) mass is 594 g/mol. The standard InChI is InChI=1S/C30H38N6O7/c31-13-7-6-11-21(32)27(39)34-24(15-19-17-33-22-12-5-4-10-20(19)22)29(41)35-23(14-18-8-2-1-3-9-18)28(40)36-25(30(42)43)16-26(37)38/h1-5,8-10,12,17,21,23-25,33H,6-7,11,13-16,31-32H2,(H,34,39)(H,35,41)(H,36,40)(H,37,38)(H,42,43). The summed E-state index contributed by atoms with van der Waals surface area (Å²) in [4.78, 5) is 65.9. The lowest BCUT2D eigenvalue weighted by Gasteiger charge is -2.25. The predicted molar refractivity (Wildman–Crippen MR) is 159 cm³/mol. The lowest BCUT2D eigenvalue weighted by atomic mass is 10.0. The van der Waals surface area contributed by atoms with Crippen molar-refractivity contribution < 1.29 is 34.2 Å². The molecule has 3 aromatic rings. The fraction of sp³-hybridized carbons (Fsp3) is 0.367. The zero-order chi connectivity index (χ0) is 31.4. The van der Waals surface area contributed by atoms with Gasteiger partial charge in [-0.25, -0.2) is 4.79 Å². The van der Waals surface area contributed by atoms with Gasteiger partial charge in [0, 0.05) is 29.9 Å². The number of nitrogens with two attached hydrogens (primary N) is 2. The SMILES string of the molecule is NCCCCC(N)C(=O)NC(Cc1c[nH]c2ccccc12)C(=O)NC(Cc1ccccc1)C(=O)NC(CC(=O)O)C(=O)O. The van der Waals surface area contributed by atoms with Crippen molar-refractivity contribution in [1.29, 1.82) is 0 Å². The first-order valence-corrected chi connectivity index (χ1v) is 14.0. The first-order valence-electron chi connectivity index (χ1n) is 14.0. The molecule has 230 valence electrons. The number of rotatable bonds is 17. The molecular formula is C30H38N6O7. The number of unbranched alkanes of at least 4 members (excludes halogenated alkanes) is 1. The van der Waals surface area contributed by atoms with Crippen molar-refractivity contribution in [2.45, 2.75) is 62.7 Å². The summed E-state index contributed by atoms with van der Waals surface area (Å²) in [5, 5.41) is 26.9. The van der Waals surface area contributed by atoms with Crippen LogP contribution < -0.4 is 27.4 Å². The van der Waals surface area contributed by atoms with Crippen molar-refractivity contribution in [2.75, 3.05) is 6.54 Å². The van der Waals surface area contributed by atoms with Crippen molar-refractivity contribution in [3.63, 3.8) is 0 Å². The number of aromatic nitrogens is 1. The minimum Gasteiger partial charge on any atom is -0.481 e. The number of nitrogens with one attached hydrogen (secondary N) is 4. The van der Waals surface area contributed by atoms with E-state index in [0.717, 1.165) is 16.5 Å². The van der Waals surface area contributed by atoms with Crippen LogP contribution in [0.4, 0.5) is 0 Å². The number of carbonyl (C=O) groups is 5. The third kappa shape index (κ3) is 9.94. The normalized spacial score (nSPS) is 13.8. The molecule has 0 aliphatic heterocycles. The minimum atomic E-state index is -1.71. The van der Waals surface area contributed by atoms with Gasteiger partial charge in [0.1, 0.15) is 18.1 Å². The summed E-state index contributed by atoms with van der Waals surface area (Å²) in [6.45, 7) is 0.458. The Kier molecular flexibility index (Phi) is 12.2. The lowest BCUT2D eigenvalue weighted by molar-refractivity contribution is -0.147. The molecule has 3 rings (SSSR count). The molecular weight excluding hydrogens is 556 g/mol. The largest absolute Gasteiger partial charge is 0.481 e. The number of hydrogen-bond donors (Lipinski definition) is 8. The number of aliphatic carboxylic acids is 2. The maximum Gasteiger partial charge on any atom is 0.326 e. The van der Waals surface area contributed by atoms with Crippen LogP contribution in [-0.2, 0) is 36.8 Å². The summed E-state index contributed by atoms with van der Waals surface area (Å²) in [6.07, 6.45) is 2.60. The summed E-state index contributed by atoms with van der Waals surface area (Å²) >= 11 is 0. The zero-order valence-corrected chi connectivity index (χ0v) is 23.6. The number of carbonyl (C=O) groups excluding carboxylic acids is 3. The van der Waals surface area contributed by atoms with Gasteiger partial charge in [0.25, 0.3) is 0 Å². The van der Waals surface area contributed by atoms with Gasteiger partial charge in [-0.1, -0.05) is 55.0 Å². The Morgan fingerprint density at radius 2 is 1.37 bits per heavy atom. The molecule has 0 fully saturated rings. The number of amides is 3. The van der Waals surface area contributed by atoms with Crippen molar-refractivity contribution >= 4 is 40.6 Å². The number of para-hydroxylation sites is 1. The first kappa shape index (κ1) is 32.8. The van der Waals surface area contributed by atoms with Crippen LogP contribution in [0.3, 0.4) is 0 Å². The fourth-order valence-electron chi connectivity index (χ4n) is 4.63. The minimum absolute atomic E-state index is 0.0236. The van der Waals surface area contributed by atoms with E-state index in [4.69, 9.17) is 16.6 Å². The molecule has 13 heteroatoms. The molecule has 0 aliphatic carbocycles. The quantitative estimate of drug-likeness (QED) is 0.101. The average molecular weight is 595 g/mol. The number of carboxylic acids is 2. The molecule has 3 amide bonds. The Morgan fingerprint density at radius 3 is 2.02 bits per heavy atom. The van der Waals surface area contributed by atoms with Gasteiger partial charge in [0.15, 0.2) is 0 Å². The Balaban J connectivity index is 1.87. The number of aromatic amines is 1. The molecule has 0 saturated heterocycles. The summed E-state index contributed by atoms with van der Waals surface area (Å²) in [6, 6.07) is 11.1. The third-order valence-corrected chi connectivity index (χ3v) is 6.95. The van der Waals surface area contributed by atoms with Crippen LogP contribution >= 0.6 is 0 Å². The zero-order valence-electron chi connectivity index (χ0n) is 23.6. The molecule has 0 aliphatic rings. The van der Waals surface area contributed by atoms with Crippen LogP contribution in [0.5, 0.6) is 0 Å². The van der Waals surface area contributed by atoms with Gasteiger partial charge in [0.05, 0.1) is 12.5 Å². The Morgan fingerprint density at radius 1 is 0.767 bits per heavy atom. The topological polar surface area (TPSA) is 230 Å². The van der Waals surface area contributed by atoms with E-state index in [1.165, 1.54) is 0 Å². The number of H-pyrrole nitrogens is 1. The molecule has 1 aromatic heterocycles. The molecule has 0 bridgehead atoms. The summed E-state index contributed by atoms with van der Waals surface area (Å²) in [5.41, 5.74) is 13.9. The smallest absolute Gasteiger partial charge is 0.326 e. The molecule has 0 spiro atoms. The average Bonchev–Trinajstić information content (AvgIpc) is 3.39. The second-order valence-electron chi connectivity index (χ2n) is 10.3. The first-order chi connectivity index (χ1) is 20.6. The Labute approximate surface area is 248 Å². The molecule has 0 saturated carbocycles. The van der Waals surface area contributed by atoms with E-state index in [9.17, 15) is 29.1 Å². The van der Waals surface area contributed by atoms with Crippen molar-refractivity contribution in [1.82, 2.24) is 20.9 Å². The van der Waals surface area contributed by atoms with Gasteiger partial charge in [-0.05, 0) is 36.6 Å². The van der Waals surface area contributed by atoms with Crippen molar-refractivity contribution in [3.8, 4) is 0 Å². The van der Waals surface area contributed by atoms with Crippen LogP contribution in [0.1, 0.15) is 36.8 Å². The van der Waals surface area contributed by atoms with Gasteiger partial charge in [0.2, 0.25) is 17.7 Å². The third-order valence-electron chi connectivity index (χ3n) is 6.95. The summed E-state index contributed by atoms with van der Waals surface area (Å²) in [7, 11) is 0. The highest BCUT2D eigenvalue weighted by molar-refractivity contribution is 5.95. The van der Waals surface area contributed by atoms with E-state index in [0.29, 0.717) is 31.4 Å². The molecule has 4 atom stereocenters. The number of fused-ring (bicyclic) bond motifs is 1. The fourth-order valence-corrected chi connectivity index (χ4v) is 4.63. The highest BCUT2D eigenvalue weighted by Crippen LogP contribution is 2.19. The van der Waals surface area contributed by atoms with Crippen LogP contribution in [0.25, 0.3) is 10.9 Å². The molecule has 43 heavy (non-hydrogen) atoms. The number of benzene rings is 2. The summed E-state index contributed by atoms with van der Waals surface area (Å²) < 4.78 is 0. The maximum atomic E-state index is 13.7. The van der Waals surface area contributed by atoms with Gasteiger partial charge >= 0.3 is 11.9 Å². The predicted octanol–water partition coefficient (Wildman–Crippen LogP) is 0.423. The van der Waals surface area contributed by atoms with Gasteiger partial charge in [-0.3, -0.25) is 19.2 Å². The van der Waals surface area contributed by atoms with E-state index in [1.807, 2.05) is 24.3 Å². The molecule has 4 unspecified atom stereocenters. The number of carboxylic acid groups (broad SMARTS) is 2.